The minimum Gasteiger partial charge on any atom is -0.348 e. The lowest BCUT2D eigenvalue weighted by molar-refractivity contribution is 0.0923. The van der Waals surface area contributed by atoms with Gasteiger partial charge in [0, 0.05) is 24.7 Å². The summed E-state index contributed by atoms with van der Waals surface area (Å²) in [6, 6.07) is 5.40. The normalized spacial score (nSPS) is 23.4. The molecule has 1 atom stereocenters. The minimum absolute atomic E-state index is 0.0170. The third-order valence-electron chi connectivity index (χ3n) is 3.05. The first-order valence-electron chi connectivity index (χ1n) is 5.33. The van der Waals surface area contributed by atoms with E-state index in [4.69, 9.17) is 11.6 Å². The third kappa shape index (κ3) is 1.45. The highest BCUT2D eigenvalue weighted by molar-refractivity contribution is 6.31. The molecule has 1 saturated heterocycles. The number of carbonyl (C=O) groups excluding carboxylic acids is 1. The van der Waals surface area contributed by atoms with Gasteiger partial charge in [-0.15, -0.1) is 0 Å². The Morgan fingerprint density at radius 1 is 1.44 bits per heavy atom. The maximum absolute atomic E-state index is 11.8. The second-order valence-corrected chi connectivity index (χ2v) is 4.48. The van der Waals surface area contributed by atoms with Crippen LogP contribution in [0, 0.1) is 0 Å². The van der Waals surface area contributed by atoms with E-state index in [1.165, 1.54) is 0 Å². The summed E-state index contributed by atoms with van der Waals surface area (Å²) in [5, 5.41) is 6.91. The quantitative estimate of drug-likeness (QED) is 0.702. The molecule has 2 N–H and O–H groups in total. The van der Waals surface area contributed by atoms with E-state index < -0.39 is 0 Å². The largest absolute Gasteiger partial charge is 0.348 e. The van der Waals surface area contributed by atoms with Crippen molar-refractivity contribution in [2.24, 2.45) is 0 Å². The van der Waals surface area contributed by atoms with Gasteiger partial charge in [0.1, 0.15) is 6.17 Å². The van der Waals surface area contributed by atoms with E-state index in [0.29, 0.717) is 10.6 Å². The first-order chi connectivity index (χ1) is 7.75. The van der Waals surface area contributed by atoms with Gasteiger partial charge < -0.3 is 15.5 Å². The smallest absolute Gasteiger partial charge is 0.255 e. The number of hydrogen-bond donors (Lipinski definition) is 2. The molecular weight excluding hydrogens is 226 g/mol. The molecule has 16 heavy (non-hydrogen) atoms. The van der Waals surface area contributed by atoms with Crippen LogP contribution in [0.2, 0.25) is 5.02 Å². The number of carbonyl (C=O) groups is 1. The van der Waals surface area contributed by atoms with E-state index in [-0.39, 0.29) is 12.1 Å². The molecular formula is C11H12ClN3O. The van der Waals surface area contributed by atoms with Gasteiger partial charge in [-0.3, -0.25) is 4.79 Å². The number of hydrogen-bond acceptors (Lipinski definition) is 3. The van der Waals surface area contributed by atoms with E-state index in [2.05, 4.69) is 15.5 Å². The van der Waals surface area contributed by atoms with Gasteiger partial charge in [-0.2, -0.15) is 0 Å². The molecule has 84 valence electrons. The molecule has 1 amide bonds. The standard InChI is InChI=1S/C11H12ClN3O/c12-7-1-2-8-9(5-7)15-4-3-13-6-10(15)14-11(8)16/h1-2,5,10,13H,3-4,6H2,(H,14,16). The van der Waals surface area contributed by atoms with Crippen LogP contribution in [-0.4, -0.2) is 31.7 Å². The molecule has 0 spiro atoms. The van der Waals surface area contributed by atoms with Gasteiger partial charge in [0.15, 0.2) is 0 Å². The summed E-state index contributed by atoms with van der Waals surface area (Å²) in [7, 11) is 0. The Morgan fingerprint density at radius 2 is 2.31 bits per heavy atom. The molecule has 1 aromatic carbocycles. The third-order valence-corrected chi connectivity index (χ3v) is 3.29. The number of nitrogens with zero attached hydrogens (tertiary/aromatic N) is 1. The van der Waals surface area contributed by atoms with Crippen LogP contribution in [0.4, 0.5) is 5.69 Å². The summed E-state index contributed by atoms with van der Waals surface area (Å²) in [6.45, 7) is 2.59. The summed E-state index contributed by atoms with van der Waals surface area (Å²) >= 11 is 5.98. The van der Waals surface area contributed by atoms with Crippen molar-refractivity contribution in [2.45, 2.75) is 6.17 Å². The molecule has 3 rings (SSSR count). The van der Waals surface area contributed by atoms with E-state index in [1.54, 1.807) is 12.1 Å². The number of benzene rings is 1. The highest BCUT2D eigenvalue weighted by Crippen LogP contribution is 2.29. The number of piperazine rings is 1. The summed E-state index contributed by atoms with van der Waals surface area (Å²) in [6.07, 6.45) is 0.0483. The zero-order valence-electron chi connectivity index (χ0n) is 8.66. The Labute approximate surface area is 98.6 Å². The lowest BCUT2D eigenvalue weighted by atomic mass is 10.1. The summed E-state index contributed by atoms with van der Waals surface area (Å²) in [4.78, 5) is 14.0. The van der Waals surface area contributed by atoms with Crippen LogP contribution in [0.25, 0.3) is 0 Å². The van der Waals surface area contributed by atoms with Crippen molar-refractivity contribution in [1.82, 2.24) is 10.6 Å². The van der Waals surface area contributed by atoms with Crippen LogP contribution < -0.4 is 15.5 Å². The van der Waals surface area contributed by atoms with Gasteiger partial charge in [-0.1, -0.05) is 11.6 Å². The molecule has 4 nitrogen and oxygen atoms in total. The Hall–Kier alpha value is -1.26. The minimum atomic E-state index is -0.0170. The highest BCUT2D eigenvalue weighted by atomic mass is 35.5. The molecule has 1 fully saturated rings. The van der Waals surface area contributed by atoms with Crippen molar-refractivity contribution >= 4 is 23.2 Å². The second-order valence-electron chi connectivity index (χ2n) is 4.05. The maximum atomic E-state index is 11.8. The predicted octanol–water partition coefficient (Wildman–Crippen LogP) is 0.819. The van der Waals surface area contributed by atoms with Gasteiger partial charge in [0.2, 0.25) is 0 Å². The SMILES string of the molecule is O=C1NC2CNCCN2c2cc(Cl)ccc21. The summed E-state index contributed by atoms with van der Waals surface area (Å²) < 4.78 is 0. The van der Waals surface area contributed by atoms with Crippen molar-refractivity contribution in [3.8, 4) is 0 Å². The first-order valence-corrected chi connectivity index (χ1v) is 5.71. The van der Waals surface area contributed by atoms with E-state index in [9.17, 15) is 4.79 Å². The van der Waals surface area contributed by atoms with Crippen molar-refractivity contribution in [3.63, 3.8) is 0 Å². The predicted molar refractivity (Wildman–Crippen MR) is 62.9 cm³/mol. The monoisotopic (exact) mass is 237 g/mol. The molecule has 1 unspecified atom stereocenters. The first kappa shape index (κ1) is 9.93. The number of amides is 1. The molecule has 0 bridgehead atoms. The fourth-order valence-electron chi connectivity index (χ4n) is 2.29. The molecule has 0 saturated carbocycles. The summed E-state index contributed by atoms with van der Waals surface area (Å²) in [5.74, 6) is -0.0170. The lowest BCUT2D eigenvalue weighted by Crippen LogP contribution is -2.62. The van der Waals surface area contributed by atoms with Crippen LogP contribution in [-0.2, 0) is 0 Å². The van der Waals surface area contributed by atoms with Crippen molar-refractivity contribution in [1.29, 1.82) is 0 Å². The van der Waals surface area contributed by atoms with E-state index >= 15 is 0 Å². The zero-order valence-corrected chi connectivity index (χ0v) is 9.42. The van der Waals surface area contributed by atoms with Gasteiger partial charge in [-0.25, -0.2) is 0 Å². The zero-order chi connectivity index (χ0) is 11.1. The van der Waals surface area contributed by atoms with Gasteiger partial charge >= 0.3 is 0 Å². The number of nitrogens with one attached hydrogen (secondary N) is 2. The van der Waals surface area contributed by atoms with Crippen LogP contribution in [0.1, 0.15) is 10.4 Å². The lowest BCUT2D eigenvalue weighted by Gasteiger charge is -2.42. The topological polar surface area (TPSA) is 44.4 Å². The fourth-order valence-corrected chi connectivity index (χ4v) is 2.45. The molecule has 1 aromatic rings. The molecule has 2 heterocycles. The van der Waals surface area contributed by atoms with Gasteiger partial charge in [0.05, 0.1) is 11.3 Å². The molecule has 0 aliphatic carbocycles. The molecule has 2 aliphatic heterocycles. The number of fused-ring (bicyclic) bond motifs is 3. The Morgan fingerprint density at radius 3 is 3.19 bits per heavy atom. The Kier molecular flexibility index (Phi) is 2.26. The number of rotatable bonds is 0. The molecule has 0 aromatic heterocycles. The fraction of sp³-hybridized carbons (Fsp3) is 0.364. The summed E-state index contributed by atoms with van der Waals surface area (Å²) in [5.41, 5.74) is 1.66. The van der Waals surface area contributed by atoms with Crippen LogP contribution in [0.3, 0.4) is 0 Å². The van der Waals surface area contributed by atoms with Crippen LogP contribution >= 0.6 is 11.6 Å². The molecule has 5 heteroatoms. The van der Waals surface area contributed by atoms with Gasteiger partial charge in [0.25, 0.3) is 5.91 Å². The van der Waals surface area contributed by atoms with E-state index in [1.807, 2.05) is 6.07 Å². The number of halogens is 1. The average Bonchev–Trinajstić information content (AvgIpc) is 2.29. The molecule has 2 aliphatic rings. The highest BCUT2D eigenvalue weighted by Gasteiger charge is 2.32. The van der Waals surface area contributed by atoms with Crippen molar-refractivity contribution < 1.29 is 4.79 Å². The molecule has 0 radical (unpaired) electrons. The van der Waals surface area contributed by atoms with Crippen molar-refractivity contribution in [3.05, 3.63) is 28.8 Å². The average molecular weight is 238 g/mol. The van der Waals surface area contributed by atoms with Crippen molar-refractivity contribution in [2.75, 3.05) is 24.5 Å². The van der Waals surface area contributed by atoms with Crippen LogP contribution in [0.15, 0.2) is 18.2 Å². The van der Waals surface area contributed by atoms with Crippen LogP contribution in [0.5, 0.6) is 0 Å². The number of anilines is 1. The van der Waals surface area contributed by atoms with E-state index in [0.717, 1.165) is 25.3 Å². The Bertz CT molecular complexity index is 449. The Balaban J connectivity index is 2.09. The maximum Gasteiger partial charge on any atom is 0.255 e. The van der Waals surface area contributed by atoms with Gasteiger partial charge in [-0.05, 0) is 18.2 Å². The second kappa shape index (κ2) is 3.64.